The molecule has 2 aliphatic rings. The summed E-state index contributed by atoms with van der Waals surface area (Å²) in [4.78, 5) is 0. The molecule has 0 spiro atoms. The maximum absolute atomic E-state index is 11.8. The fourth-order valence-electron chi connectivity index (χ4n) is 6.35. The first kappa shape index (κ1) is 28.1. The molecule has 0 aromatic rings. The van der Waals surface area contributed by atoms with E-state index < -0.39 is 12.2 Å². The van der Waals surface area contributed by atoms with Gasteiger partial charge in [0.15, 0.2) is 0 Å². The summed E-state index contributed by atoms with van der Waals surface area (Å²) < 4.78 is 0. The Morgan fingerprint density at radius 1 is 0.697 bits per heavy atom. The lowest BCUT2D eigenvalue weighted by molar-refractivity contribution is -0.0150. The zero-order chi connectivity index (χ0) is 25.2. The molecule has 0 amide bonds. The summed E-state index contributed by atoms with van der Waals surface area (Å²) in [6, 6.07) is 0. The lowest BCUT2D eigenvalue weighted by atomic mass is 9.55. The van der Waals surface area contributed by atoms with Crippen LogP contribution in [-0.2, 0) is 0 Å². The van der Waals surface area contributed by atoms with Crippen LogP contribution < -0.4 is 0 Å². The van der Waals surface area contributed by atoms with Gasteiger partial charge in [-0.1, -0.05) is 117 Å². The first-order valence-electron chi connectivity index (χ1n) is 13.3. The average Bonchev–Trinajstić information content (AvgIpc) is 2.68. The molecule has 2 N–H and O–H groups in total. The molecule has 2 aliphatic carbocycles. The summed E-state index contributed by atoms with van der Waals surface area (Å²) in [7, 11) is 0. The van der Waals surface area contributed by atoms with E-state index in [1.165, 1.54) is 11.1 Å². The maximum atomic E-state index is 11.8. The van der Waals surface area contributed by atoms with Gasteiger partial charge >= 0.3 is 0 Å². The molecule has 0 saturated heterocycles. The second-order valence-electron chi connectivity index (χ2n) is 13.0. The predicted molar refractivity (Wildman–Crippen MR) is 143 cm³/mol. The van der Waals surface area contributed by atoms with Crippen molar-refractivity contribution < 1.29 is 10.2 Å². The normalized spacial score (nSPS) is 31.0. The van der Waals surface area contributed by atoms with Gasteiger partial charge in [0.1, 0.15) is 0 Å². The number of aliphatic hydroxyl groups excluding tert-OH is 2. The molecule has 0 aromatic carbocycles. The summed E-state index contributed by atoms with van der Waals surface area (Å²) in [5.74, 6) is 0. The Bertz CT molecular complexity index is 743. The minimum absolute atomic E-state index is 0.0615. The Morgan fingerprint density at radius 3 is 1.30 bits per heavy atom. The molecule has 33 heavy (non-hydrogen) atoms. The lowest BCUT2D eigenvalue weighted by Crippen LogP contribution is -2.49. The van der Waals surface area contributed by atoms with E-state index in [1.807, 2.05) is 0 Å². The van der Waals surface area contributed by atoms with Gasteiger partial charge < -0.3 is 10.2 Å². The number of aliphatic hydroxyl groups is 2. The Hall–Kier alpha value is -1.12. The van der Waals surface area contributed by atoms with Crippen molar-refractivity contribution in [1.29, 1.82) is 0 Å². The molecule has 0 bridgehead atoms. The molecule has 2 heteroatoms. The second kappa shape index (κ2) is 10.2. The fraction of sp³-hybridized carbons (Fsp3) is 0.742. The van der Waals surface area contributed by atoms with Gasteiger partial charge in [-0.3, -0.25) is 0 Å². The van der Waals surface area contributed by atoms with Gasteiger partial charge in [-0.15, -0.1) is 0 Å². The molecule has 0 aliphatic heterocycles. The van der Waals surface area contributed by atoms with E-state index in [0.717, 1.165) is 49.7 Å². The molecule has 2 rings (SSSR count). The Morgan fingerprint density at radius 2 is 1.03 bits per heavy atom. The van der Waals surface area contributed by atoms with Gasteiger partial charge in [0, 0.05) is 10.8 Å². The van der Waals surface area contributed by atoms with E-state index in [4.69, 9.17) is 0 Å². The molecule has 188 valence electrons. The molecule has 0 heterocycles. The molecule has 4 unspecified atom stereocenters. The number of hydrogen-bond donors (Lipinski definition) is 2. The van der Waals surface area contributed by atoms with Crippen LogP contribution in [-0.4, -0.2) is 22.4 Å². The predicted octanol–water partition coefficient (Wildman–Crippen LogP) is 8.32. The average molecular weight is 457 g/mol. The van der Waals surface area contributed by atoms with E-state index in [-0.39, 0.29) is 21.7 Å². The van der Waals surface area contributed by atoms with E-state index in [1.54, 1.807) is 0 Å². The van der Waals surface area contributed by atoms with Crippen LogP contribution in [0.15, 0.2) is 46.6 Å². The standard InChI is InChI=1S/C31H52O2/c1-11-13-15-30(28(5,6)7)20-22(3)17-24(26(30)32)19-25-18-23(4)21-31(27(25)33,16-14-12-2)29(8,9)10/h17-18,20-21,26-27,32-33H,11-16,19H2,1-10H3. The molecule has 0 aromatic heterocycles. The van der Waals surface area contributed by atoms with Crippen LogP contribution in [0.3, 0.4) is 0 Å². The van der Waals surface area contributed by atoms with Crippen molar-refractivity contribution in [2.75, 3.05) is 0 Å². The van der Waals surface area contributed by atoms with Crippen LogP contribution in [0.1, 0.15) is 114 Å². The first-order valence-corrected chi connectivity index (χ1v) is 13.3. The number of unbranched alkanes of at least 4 members (excludes halogenated alkanes) is 2. The van der Waals surface area contributed by atoms with E-state index >= 15 is 0 Å². The van der Waals surface area contributed by atoms with Gasteiger partial charge in [-0.2, -0.15) is 0 Å². The van der Waals surface area contributed by atoms with Crippen LogP contribution >= 0.6 is 0 Å². The highest BCUT2D eigenvalue weighted by molar-refractivity contribution is 5.43. The van der Waals surface area contributed by atoms with Crippen molar-refractivity contribution >= 4 is 0 Å². The van der Waals surface area contributed by atoms with Gasteiger partial charge in [-0.25, -0.2) is 0 Å². The van der Waals surface area contributed by atoms with Gasteiger partial charge in [-0.05, 0) is 55.1 Å². The summed E-state index contributed by atoms with van der Waals surface area (Å²) in [6.07, 6.45) is 15.0. The third-order valence-electron chi connectivity index (χ3n) is 8.56. The van der Waals surface area contributed by atoms with E-state index in [0.29, 0.717) is 6.42 Å². The SMILES string of the molecule is CCCCC1(C(C)(C)C)C=C(C)C=C(CC2=CC(C)=CC(CCCC)(C(C)(C)C)C2O)C1O. The highest BCUT2D eigenvalue weighted by atomic mass is 16.3. The van der Waals surface area contributed by atoms with Crippen molar-refractivity contribution in [2.24, 2.45) is 21.7 Å². The summed E-state index contributed by atoms with van der Waals surface area (Å²) in [5.41, 5.74) is 3.87. The largest absolute Gasteiger partial charge is 0.388 e. The number of hydrogen-bond acceptors (Lipinski definition) is 2. The lowest BCUT2D eigenvalue weighted by Gasteiger charge is -2.51. The van der Waals surface area contributed by atoms with Crippen LogP contribution in [0.2, 0.25) is 0 Å². The summed E-state index contributed by atoms with van der Waals surface area (Å²) in [5, 5.41) is 23.7. The molecule has 0 fully saturated rings. The highest BCUT2D eigenvalue weighted by Crippen LogP contribution is 2.55. The number of allylic oxidation sites excluding steroid dienone is 4. The summed E-state index contributed by atoms with van der Waals surface area (Å²) in [6.45, 7) is 22.3. The van der Waals surface area contributed by atoms with Crippen molar-refractivity contribution in [3.63, 3.8) is 0 Å². The third-order valence-corrected chi connectivity index (χ3v) is 8.56. The fourth-order valence-corrected chi connectivity index (χ4v) is 6.35. The van der Waals surface area contributed by atoms with E-state index in [2.05, 4.69) is 93.5 Å². The third kappa shape index (κ3) is 5.43. The minimum atomic E-state index is -0.535. The van der Waals surface area contributed by atoms with Crippen molar-refractivity contribution in [3.8, 4) is 0 Å². The molecular formula is C31H52O2. The van der Waals surface area contributed by atoms with Gasteiger partial charge in [0.2, 0.25) is 0 Å². The Kier molecular flexibility index (Phi) is 8.73. The quantitative estimate of drug-likeness (QED) is 0.385. The Labute approximate surface area is 205 Å². The van der Waals surface area contributed by atoms with Crippen molar-refractivity contribution in [1.82, 2.24) is 0 Å². The maximum Gasteiger partial charge on any atom is 0.0852 e. The smallest absolute Gasteiger partial charge is 0.0852 e. The highest BCUT2D eigenvalue weighted by Gasteiger charge is 2.50. The molecule has 0 radical (unpaired) electrons. The van der Waals surface area contributed by atoms with Gasteiger partial charge in [0.05, 0.1) is 12.2 Å². The van der Waals surface area contributed by atoms with Crippen molar-refractivity contribution in [3.05, 3.63) is 46.6 Å². The van der Waals surface area contributed by atoms with Gasteiger partial charge in [0.25, 0.3) is 0 Å². The molecule has 2 nitrogen and oxygen atoms in total. The Balaban J connectivity index is 2.49. The van der Waals surface area contributed by atoms with Crippen LogP contribution in [0.4, 0.5) is 0 Å². The minimum Gasteiger partial charge on any atom is -0.388 e. The second-order valence-corrected chi connectivity index (χ2v) is 13.0. The molecular weight excluding hydrogens is 404 g/mol. The van der Waals surface area contributed by atoms with E-state index in [9.17, 15) is 10.2 Å². The first-order chi connectivity index (χ1) is 15.1. The van der Waals surface area contributed by atoms with Crippen LogP contribution in [0, 0.1) is 21.7 Å². The van der Waals surface area contributed by atoms with Crippen molar-refractivity contribution in [2.45, 2.75) is 126 Å². The number of rotatable bonds is 8. The monoisotopic (exact) mass is 456 g/mol. The molecule has 4 atom stereocenters. The summed E-state index contributed by atoms with van der Waals surface area (Å²) >= 11 is 0. The van der Waals surface area contributed by atoms with Crippen LogP contribution in [0.5, 0.6) is 0 Å². The molecule has 0 saturated carbocycles. The topological polar surface area (TPSA) is 40.5 Å². The van der Waals surface area contributed by atoms with Crippen LogP contribution in [0.25, 0.3) is 0 Å². The zero-order valence-electron chi connectivity index (χ0n) is 23.3. The zero-order valence-corrected chi connectivity index (χ0v) is 23.3.